The number of rotatable bonds is 3. The summed E-state index contributed by atoms with van der Waals surface area (Å²) < 4.78 is 25.2. The van der Waals surface area contributed by atoms with Gasteiger partial charge in [0.15, 0.2) is 12.1 Å². The molecule has 3 aliphatic heterocycles. The Kier molecular flexibility index (Phi) is 6.64. The zero-order chi connectivity index (χ0) is 27.3. The Hall–Kier alpha value is -0.540. The van der Waals surface area contributed by atoms with Gasteiger partial charge in [-0.05, 0) is 91.8 Å². The predicted molar refractivity (Wildman–Crippen MR) is 144 cm³/mol. The first kappa shape index (κ1) is 27.3. The lowest BCUT2D eigenvalue weighted by molar-refractivity contribution is -0.272. The Bertz CT molecular complexity index is 976. The van der Waals surface area contributed by atoms with Crippen molar-refractivity contribution in [3.63, 3.8) is 0 Å². The quantitative estimate of drug-likeness (QED) is 0.457. The summed E-state index contributed by atoms with van der Waals surface area (Å²) in [6.45, 7) is 10.3. The van der Waals surface area contributed by atoms with Crippen LogP contribution < -0.4 is 0 Å². The zero-order valence-corrected chi connectivity index (χ0v) is 24.3. The third-order valence-electron chi connectivity index (χ3n) is 13.2. The van der Waals surface area contributed by atoms with Gasteiger partial charge in [-0.2, -0.15) is 0 Å². The Balaban J connectivity index is 1.06. The molecule has 0 radical (unpaired) electrons. The monoisotopic (exact) mass is 546 g/mol. The average molecular weight is 547 g/mol. The minimum atomic E-state index is -1.12. The van der Waals surface area contributed by atoms with Gasteiger partial charge in [-0.1, -0.05) is 39.3 Å². The summed E-state index contributed by atoms with van der Waals surface area (Å²) in [5, 5.41) is 29.9. The summed E-state index contributed by atoms with van der Waals surface area (Å²) in [6, 6.07) is 0. The standard InChI is InChI=1S/C32H50O7/c1-17-7-12-32(36-16-17)18(2)26-24(39-32)14-23-21-6-5-19-13-20(37-29-28(35)27(34)25(15-33)38-29)8-10-30(19,3)22(21)9-11-31(23,26)4/h5,17-18,20-29,33-35H,6-16H2,1-4H3/t17-,18+,20+,21-,22+,23+,24+,25-,26+,27-,28+,29+,30+,31+,32-/m1/s1. The number of hydrogen-bond donors (Lipinski definition) is 3. The minimum Gasteiger partial charge on any atom is -0.394 e. The summed E-state index contributed by atoms with van der Waals surface area (Å²) in [5.74, 6) is 3.44. The lowest BCUT2D eigenvalue weighted by Crippen LogP contribution is -2.52. The molecule has 4 aliphatic carbocycles. The third-order valence-corrected chi connectivity index (χ3v) is 13.2. The number of allylic oxidation sites excluding steroid dienone is 1. The number of aliphatic hydroxyl groups excluding tert-OH is 3. The molecule has 3 saturated heterocycles. The molecule has 3 heterocycles. The highest BCUT2D eigenvalue weighted by atomic mass is 16.7. The second kappa shape index (κ2) is 9.48. The molecule has 0 bridgehead atoms. The summed E-state index contributed by atoms with van der Waals surface area (Å²) in [4.78, 5) is 0. The van der Waals surface area contributed by atoms with Gasteiger partial charge in [0, 0.05) is 12.3 Å². The Labute approximate surface area is 233 Å². The first-order valence-corrected chi connectivity index (χ1v) is 15.9. The van der Waals surface area contributed by atoms with Crippen LogP contribution in [0.4, 0.5) is 0 Å². The number of fused-ring (bicyclic) bond motifs is 7. The van der Waals surface area contributed by atoms with E-state index in [0.717, 1.165) is 38.7 Å². The zero-order valence-electron chi connectivity index (χ0n) is 24.3. The lowest BCUT2D eigenvalue weighted by atomic mass is 9.47. The van der Waals surface area contributed by atoms with E-state index in [4.69, 9.17) is 18.9 Å². The molecule has 39 heavy (non-hydrogen) atoms. The van der Waals surface area contributed by atoms with Gasteiger partial charge in [-0.3, -0.25) is 0 Å². The fraction of sp³-hybridized carbons (Fsp3) is 0.938. The molecule has 15 atom stereocenters. The second-order valence-corrected chi connectivity index (χ2v) is 15.0. The van der Waals surface area contributed by atoms with Crippen molar-refractivity contribution in [3.05, 3.63) is 11.6 Å². The maximum Gasteiger partial charge on any atom is 0.186 e. The van der Waals surface area contributed by atoms with Gasteiger partial charge in [0.25, 0.3) is 0 Å². The first-order valence-electron chi connectivity index (χ1n) is 15.9. The van der Waals surface area contributed by atoms with Gasteiger partial charge in [-0.15, -0.1) is 0 Å². The molecule has 0 aromatic carbocycles. The molecule has 0 amide bonds. The van der Waals surface area contributed by atoms with Crippen LogP contribution in [0.5, 0.6) is 0 Å². The van der Waals surface area contributed by atoms with Gasteiger partial charge in [0.05, 0.1) is 25.4 Å². The normalized spacial score (nSPS) is 58.5. The molecule has 7 rings (SSSR count). The third kappa shape index (κ3) is 3.93. The maximum absolute atomic E-state index is 10.4. The van der Waals surface area contributed by atoms with Crippen molar-refractivity contribution in [2.75, 3.05) is 13.2 Å². The first-order chi connectivity index (χ1) is 18.6. The molecule has 220 valence electrons. The molecule has 0 unspecified atom stereocenters. The van der Waals surface area contributed by atoms with Crippen LogP contribution in [0.2, 0.25) is 0 Å². The molecule has 7 nitrogen and oxygen atoms in total. The van der Waals surface area contributed by atoms with Crippen LogP contribution in [0.1, 0.15) is 85.5 Å². The average Bonchev–Trinajstić information content (AvgIpc) is 3.47. The highest BCUT2D eigenvalue weighted by Gasteiger charge is 2.68. The number of aliphatic hydroxyl groups is 3. The van der Waals surface area contributed by atoms with Crippen LogP contribution in [-0.2, 0) is 18.9 Å². The van der Waals surface area contributed by atoms with E-state index < -0.39 is 24.6 Å². The van der Waals surface area contributed by atoms with Crippen LogP contribution >= 0.6 is 0 Å². The molecular formula is C32H50O7. The molecule has 6 fully saturated rings. The van der Waals surface area contributed by atoms with Crippen molar-refractivity contribution >= 4 is 0 Å². The van der Waals surface area contributed by atoms with Crippen LogP contribution in [0.25, 0.3) is 0 Å². The summed E-state index contributed by atoms with van der Waals surface area (Å²) in [6.07, 6.45) is 8.95. The van der Waals surface area contributed by atoms with E-state index in [0.29, 0.717) is 47.0 Å². The number of hydrogen-bond acceptors (Lipinski definition) is 7. The van der Waals surface area contributed by atoms with Crippen LogP contribution in [0.3, 0.4) is 0 Å². The summed E-state index contributed by atoms with van der Waals surface area (Å²) in [5.41, 5.74) is 2.03. The molecule has 7 aliphatic rings. The lowest BCUT2D eigenvalue weighted by Gasteiger charge is -2.58. The van der Waals surface area contributed by atoms with Gasteiger partial charge in [0.2, 0.25) is 0 Å². The Morgan fingerprint density at radius 2 is 1.85 bits per heavy atom. The second-order valence-electron chi connectivity index (χ2n) is 15.0. The van der Waals surface area contributed by atoms with Crippen LogP contribution in [0, 0.1) is 46.3 Å². The predicted octanol–water partition coefficient (Wildman–Crippen LogP) is 4.18. The van der Waals surface area contributed by atoms with Crippen LogP contribution in [-0.4, -0.2) is 71.1 Å². The molecule has 3 N–H and O–H groups in total. The van der Waals surface area contributed by atoms with Gasteiger partial charge >= 0.3 is 0 Å². The smallest absolute Gasteiger partial charge is 0.186 e. The molecule has 7 heteroatoms. The van der Waals surface area contributed by atoms with Crippen molar-refractivity contribution < 1.29 is 34.3 Å². The highest BCUT2D eigenvalue weighted by Crippen LogP contribution is 2.70. The van der Waals surface area contributed by atoms with Gasteiger partial charge < -0.3 is 34.3 Å². The number of ether oxygens (including phenoxy) is 4. The van der Waals surface area contributed by atoms with Crippen molar-refractivity contribution in [1.82, 2.24) is 0 Å². The molecule has 0 aromatic rings. The maximum atomic E-state index is 10.4. The summed E-state index contributed by atoms with van der Waals surface area (Å²) >= 11 is 0. The van der Waals surface area contributed by atoms with E-state index >= 15 is 0 Å². The van der Waals surface area contributed by atoms with Crippen LogP contribution in [0.15, 0.2) is 11.6 Å². The minimum absolute atomic E-state index is 0.0338. The summed E-state index contributed by atoms with van der Waals surface area (Å²) in [7, 11) is 0. The van der Waals surface area contributed by atoms with Crippen molar-refractivity contribution in [2.45, 2.75) is 128 Å². The van der Waals surface area contributed by atoms with E-state index in [1.165, 1.54) is 31.3 Å². The van der Waals surface area contributed by atoms with Gasteiger partial charge in [-0.25, -0.2) is 0 Å². The highest BCUT2D eigenvalue weighted by molar-refractivity contribution is 5.26. The Morgan fingerprint density at radius 1 is 1.03 bits per heavy atom. The van der Waals surface area contributed by atoms with Crippen molar-refractivity contribution in [1.29, 1.82) is 0 Å². The van der Waals surface area contributed by atoms with E-state index in [1.807, 2.05) is 0 Å². The fourth-order valence-electron chi connectivity index (χ4n) is 10.9. The molecule has 0 aromatic heterocycles. The van der Waals surface area contributed by atoms with E-state index in [1.54, 1.807) is 0 Å². The SMILES string of the molecule is C[C@@H]1CC[C@@]2(OC1)O[C@H]1C[C@H]3[C@@H]4CC=C5C[C@@H](O[C@H]6O[C@H](CO)[C@@H](O)[C@@H]6O)CC[C@]5(C)[C@H]4CC[C@]3(C)[C@H]1[C@@H]2C. The van der Waals surface area contributed by atoms with Crippen molar-refractivity contribution in [3.8, 4) is 0 Å². The van der Waals surface area contributed by atoms with E-state index in [9.17, 15) is 15.3 Å². The van der Waals surface area contributed by atoms with E-state index in [2.05, 4.69) is 33.8 Å². The molecule has 3 saturated carbocycles. The Morgan fingerprint density at radius 3 is 2.56 bits per heavy atom. The fourth-order valence-corrected chi connectivity index (χ4v) is 10.9. The topological polar surface area (TPSA) is 97.6 Å². The van der Waals surface area contributed by atoms with Gasteiger partial charge in [0.1, 0.15) is 18.3 Å². The molecule has 1 spiro atoms. The largest absolute Gasteiger partial charge is 0.394 e. The van der Waals surface area contributed by atoms with E-state index in [-0.39, 0.29) is 23.9 Å². The van der Waals surface area contributed by atoms with Crippen molar-refractivity contribution in [2.24, 2.45) is 46.3 Å². The molecular weight excluding hydrogens is 496 g/mol.